The molecular formula is C19H14Cl2F2O. The molecule has 0 amide bonds. The summed E-state index contributed by atoms with van der Waals surface area (Å²) in [7, 11) is 0. The maximum Gasteiger partial charge on any atom is 0.193 e. The van der Waals surface area contributed by atoms with Crippen molar-refractivity contribution in [2.24, 2.45) is 0 Å². The Morgan fingerprint density at radius 3 is 1.50 bits per heavy atom. The third-order valence-corrected chi connectivity index (χ3v) is 5.27. The standard InChI is InChI=1S/C19H14Cl2F2O/c20-11-1-3-13(15(9-11)18(22)5-6-18)17(24)14-4-2-12(21)10-16(14)19(23)7-8-19/h1-4,9-10H,5-8H2. The van der Waals surface area contributed by atoms with Crippen LogP contribution in [-0.4, -0.2) is 5.78 Å². The van der Waals surface area contributed by atoms with Crippen LogP contribution in [0.25, 0.3) is 0 Å². The third-order valence-electron chi connectivity index (χ3n) is 4.80. The molecule has 2 aliphatic rings. The number of hydrogen-bond donors (Lipinski definition) is 0. The van der Waals surface area contributed by atoms with E-state index in [1.165, 1.54) is 24.3 Å². The summed E-state index contributed by atoms with van der Waals surface area (Å²) in [5, 5.41) is 0.761. The van der Waals surface area contributed by atoms with Crippen molar-refractivity contribution < 1.29 is 13.6 Å². The van der Waals surface area contributed by atoms with Gasteiger partial charge in [0.05, 0.1) is 0 Å². The van der Waals surface area contributed by atoms with Crippen molar-refractivity contribution in [1.29, 1.82) is 0 Å². The molecule has 124 valence electrons. The van der Waals surface area contributed by atoms with E-state index >= 15 is 0 Å². The van der Waals surface area contributed by atoms with Gasteiger partial charge in [0.25, 0.3) is 0 Å². The minimum atomic E-state index is -1.50. The normalized spacial score (nSPS) is 19.8. The Kier molecular flexibility index (Phi) is 3.52. The van der Waals surface area contributed by atoms with Gasteiger partial charge in [0.15, 0.2) is 5.78 Å². The van der Waals surface area contributed by atoms with Crippen LogP contribution in [0.15, 0.2) is 36.4 Å². The van der Waals surface area contributed by atoms with Crippen molar-refractivity contribution in [2.75, 3.05) is 0 Å². The molecule has 2 fully saturated rings. The van der Waals surface area contributed by atoms with Gasteiger partial charge in [-0.3, -0.25) is 4.79 Å². The van der Waals surface area contributed by atoms with Crippen molar-refractivity contribution in [3.05, 3.63) is 68.7 Å². The second kappa shape index (κ2) is 5.27. The fraction of sp³-hybridized carbons (Fsp3) is 0.316. The summed E-state index contributed by atoms with van der Waals surface area (Å²) in [6.45, 7) is 0. The first kappa shape index (κ1) is 16.0. The minimum absolute atomic E-state index is 0.243. The molecule has 0 atom stereocenters. The molecule has 0 aliphatic heterocycles. The summed E-state index contributed by atoms with van der Waals surface area (Å²) in [6.07, 6.45) is 1.48. The molecule has 0 unspecified atom stereocenters. The molecule has 24 heavy (non-hydrogen) atoms. The van der Waals surface area contributed by atoms with Gasteiger partial charge in [-0.05, 0) is 62.1 Å². The zero-order chi connectivity index (χ0) is 17.1. The van der Waals surface area contributed by atoms with Crippen molar-refractivity contribution >= 4 is 29.0 Å². The van der Waals surface area contributed by atoms with E-state index in [4.69, 9.17) is 23.2 Å². The molecule has 0 N–H and O–H groups in total. The van der Waals surface area contributed by atoms with Crippen molar-refractivity contribution in [1.82, 2.24) is 0 Å². The molecule has 0 bridgehead atoms. The van der Waals surface area contributed by atoms with Gasteiger partial charge in [-0.25, -0.2) is 8.78 Å². The van der Waals surface area contributed by atoms with Crippen LogP contribution >= 0.6 is 23.2 Å². The quantitative estimate of drug-likeness (QED) is 0.593. The molecule has 2 aliphatic carbocycles. The highest BCUT2D eigenvalue weighted by Crippen LogP contribution is 2.53. The Bertz CT molecular complexity index is 785. The number of rotatable bonds is 4. The van der Waals surface area contributed by atoms with Crippen LogP contribution in [0.3, 0.4) is 0 Å². The van der Waals surface area contributed by atoms with Crippen LogP contribution in [-0.2, 0) is 11.3 Å². The molecule has 1 nitrogen and oxygen atoms in total. The van der Waals surface area contributed by atoms with Gasteiger partial charge in [0, 0.05) is 32.3 Å². The van der Waals surface area contributed by atoms with E-state index in [-0.39, 0.29) is 16.9 Å². The predicted octanol–water partition coefficient (Wildman–Crippen LogP) is 6.14. The van der Waals surface area contributed by atoms with Crippen LogP contribution in [0.4, 0.5) is 8.78 Å². The summed E-state index contributed by atoms with van der Waals surface area (Å²) in [5.41, 5.74) is -1.93. The minimum Gasteiger partial charge on any atom is -0.289 e. The van der Waals surface area contributed by atoms with Crippen molar-refractivity contribution in [3.63, 3.8) is 0 Å². The van der Waals surface area contributed by atoms with Crippen LogP contribution in [0.5, 0.6) is 0 Å². The third kappa shape index (κ3) is 2.64. The van der Waals surface area contributed by atoms with E-state index in [1.807, 2.05) is 0 Å². The number of benzene rings is 2. The van der Waals surface area contributed by atoms with E-state index < -0.39 is 11.3 Å². The van der Waals surface area contributed by atoms with Crippen molar-refractivity contribution in [3.8, 4) is 0 Å². The molecule has 2 saturated carbocycles. The van der Waals surface area contributed by atoms with Gasteiger partial charge in [0.2, 0.25) is 0 Å². The molecule has 0 heterocycles. The lowest BCUT2D eigenvalue weighted by molar-refractivity contribution is 0.103. The molecular weight excluding hydrogens is 353 g/mol. The summed E-state index contributed by atoms with van der Waals surface area (Å²) < 4.78 is 29.3. The zero-order valence-corrected chi connectivity index (χ0v) is 14.2. The zero-order valence-electron chi connectivity index (χ0n) is 12.7. The lowest BCUT2D eigenvalue weighted by Gasteiger charge is -2.16. The average molecular weight is 367 g/mol. The number of carbonyl (C=O) groups excluding carboxylic acids is 1. The molecule has 5 heteroatoms. The Labute approximate surface area is 148 Å². The summed E-state index contributed by atoms with van der Waals surface area (Å²) in [5.74, 6) is -0.388. The average Bonchev–Trinajstić information content (AvgIpc) is 3.47. The monoisotopic (exact) mass is 366 g/mol. The first-order chi connectivity index (χ1) is 11.3. The smallest absolute Gasteiger partial charge is 0.193 e. The first-order valence-corrected chi connectivity index (χ1v) is 8.61. The highest BCUT2D eigenvalue weighted by molar-refractivity contribution is 6.31. The number of hydrogen-bond acceptors (Lipinski definition) is 1. The van der Waals surface area contributed by atoms with Crippen LogP contribution in [0, 0.1) is 0 Å². The van der Waals surface area contributed by atoms with Gasteiger partial charge in [-0.15, -0.1) is 0 Å². The Morgan fingerprint density at radius 1 is 0.792 bits per heavy atom. The number of halogens is 4. The second-order valence-electron chi connectivity index (χ2n) is 6.64. The van der Waals surface area contributed by atoms with Gasteiger partial charge in [-0.1, -0.05) is 23.2 Å². The fourth-order valence-corrected chi connectivity index (χ4v) is 3.42. The van der Waals surface area contributed by atoms with E-state index in [0.717, 1.165) is 0 Å². The predicted molar refractivity (Wildman–Crippen MR) is 90.4 cm³/mol. The Balaban J connectivity index is 1.84. The second-order valence-corrected chi connectivity index (χ2v) is 7.51. The van der Waals surface area contributed by atoms with E-state index in [2.05, 4.69) is 0 Å². The van der Waals surface area contributed by atoms with Gasteiger partial charge in [-0.2, -0.15) is 0 Å². The van der Waals surface area contributed by atoms with E-state index in [0.29, 0.717) is 46.9 Å². The van der Waals surface area contributed by atoms with Crippen LogP contribution in [0.1, 0.15) is 52.7 Å². The van der Waals surface area contributed by atoms with E-state index in [1.54, 1.807) is 12.1 Å². The summed E-state index contributed by atoms with van der Waals surface area (Å²) >= 11 is 12.0. The number of ketones is 1. The molecule has 2 aromatic rings. The molecule has 0 radical (unpaired) electrons. The van der Waals surface area contributed by atoms with Crippen LogP contribution in [0.2, 0.25) is 10.0 Å². The summed E-state index contributed by atoms with van der Waals surface area (Å²) in [6, 6.07) is 9.16. The lowest BCUT2D eigenvalue weighted by atomic mass is 9.90. The Morgan fingerprint density at radius 2 is 1.17 bits per heavy atom. The van der Waals surface area contributed by atoms with Gasteiger partial charge in [0.1, 0.15) is 11.3 Å². The molecule has 0 aromatic heterocycles. The van der Waals surface area contributed by atoms with E-state index in [9.17, 15) is 13.6 Å². The largest absolute Gasteiger partial charge is 0.289 e. The molecule has 0 spiro atoms. The Hall–Kier alpha value is -1.45. The molecule has 0 saturated heterocycles. The SMILES string of the molecule is O=C(c1ccc(Cl)cc1C1(F)CC1)c1ccc(Cl)cc1C1(F)CC1. The van der Waals surface area contributed by atoms with Crippen LogP contribution < -0.4 is 0 Å². The first-order valence-electron chi connectivity index (χ1n) is 7.85. The molecule has 2 aromatic carbocycles. The maximum absolute atomic E-state index is 14.7. The maximum atomic E-state index is 14.7. The highest BCUT2D eigenvalue weighted by Gasteiger charge is 2.49. The number of alkyl halides is 2. The topological polar surface area (TPSA) is 17.1 Å². The lowest BCUT2D eigenvalue weighted by Crippen LogP contribution is -2.14. The van der Waals surface area contributed by atoms with Gasteiger partial charge >= 0.3 is 0 Å². The summed E-state index contributed by atoms with van der Waals surface area (Å²) in [4.78, 5) is 13.0. The molecule has 4 rings (SSSR count). The highest BCUT2D eigenvalue weighted by atomic mass is 35.5. The number of carbonyl (C=O) groups is 1. The fourth-order valence-electron chi connectivity index (χ4n) is 3.07. The van der Waals surface area contributed by atoms with Crippen molar-refractivity contribution in [2.45, 2.75) is 37.0 Å². The van der Waals surface area contributed by atoms with Gasteiger partial charge < -0.3 is 0 Å².